The first-order chi connectivity index (χ1) is 9.85. The van der Waals surface area contributed by atoms with Gasteiger partial charge in [0.1, 0.15) is 0 Å². The second-order valence-electron chi connectivity index (χ2n) is 5.08. The van der Waals surface area contributed by atoms with Gasteiger partial charge in [0.05, 0.1) is 17.3 Å². The summed E-state index contributed by atoms with van der Waals surface area (Å²) in [7, 11) is 3.38. The second-order valence-corrected chi connectivity index (χ2v) is 5.49. The van der Waals surface area contributed by atoms with E-state index in [1.165, 1.54) is 4.90 Å². The molecule has 0 spiro atoms. The van der Waals surface area contributed by atoms with Gasteiger partial charge in [0.2, 0.25) is 5.91 Å². The number of likely N-dealkylation sites (N-methyl/N-ethyl adjacent to an activating group) is 2. The van der Waals surface area contributed by atoms with Crippen LogP contribution in [0.5, 0.6) is 0 Å². The zero-order chi connectivity index (χ0) is 15.7. The van der Waals surface area contributed by atoms with Crippen molar-refractivity contribution in [1.29, 1.82) is 0 Å². The van der Waals surface area contributed by atoms with Crippen molar-refractivity contribution in [2.24, 2.45) is 0 Å². The van der Waals surface area contributed by atoms with Crippen molar-refractivity contribution in [3.8, 4) is 0 Å². The lowest BCUT2D eigenvalue weighted by atomic mass is 10.1. The number of halogens is 1. The van der Waals surface area contributed by atoms with Crippen LogP contribution in [0.25, 0.3) is 0 Å². The Labute approximate surface area is 128 Å². The number of nitrogens with zero attached hydrogens (tertiary/aromatic N) is 2. The summed E-state index contributed by atoms with van der Waals surface area (Å²) in [6.45, 7) is 2.70. The Morgan fingerprint density at radius 3 is 2.67 bits per heavy atom. The van der Waals surface area contributed by atoms with Gasteiger partial charge in [-0.3, -0.25) is 9.59 Å². The Morgan fingerprint density at radius 2 is 2.10 bits per heavy atom. The largest absolute Gasteiger partial charge is 0.378 e. The number of amides is 2. The normalized spacial score (nSPS) is 16.4. The van der Waals surface area contributed by atoms with Gasteiger partial charge in [-0.15, -0.1) is 0 Å². The lowest BCUT2D eigenvalue weighted by Crippen LogP contribution is -2.36. The molecule has 1 atom stereocenters. The number of carbonyl (C=O) groups is 2. The van der Waals surface area contributed by atoms with Crippen LogP contribution in [-0.4, -0.2) is 49.0 Å². The maximum Gasteiger partial charge on any atom is 0.257 e. The number of hydrogen-bond donors (Lipinski definition) is 2. The molecular formula is C14H18ClN3O3. The van der Waals surface area contributed by atoms with Crippen molar-refractivity contribution >= 4 is 34.8 Å². The second kappa shape index (κ2) is 5.91. The van der Waals surface area contributed by atoms with E-state index in [1.54, 1.807) is 26.2 Å². The summed E-state index contributed by atoms with van der Waals surface area (Å²) in [5.74, 6) is -0.511. The van der Waals surface area contributed by atoms with Crippen molar-refractivity contribution in [3.05, 3.63) is 22.7 Å². The number of benzene rings is 1. The molecular weight excluding hydrogens is 294 g/mol. The number of rotatable bonds is 4. The number of aliphatic hydroxyl groups excluding tert-OH is 1. The molecule has 0 aliphatic carbocycles. The smallest absolute Gasteiger partial charge is 0.257 e. The fraction of sp³-hybridized carbons (Fsp3) is 0.429. The first kappa shape index (κ1) is 15.6. The minimum Gasteiger partial charge on any atom is -0.378 e. The van der Waals surface area contributed by atoms with Gasteiger partial charge in [0.15, 0.2) is 6.10 Å². The lowest BCUT2D eigenvalue weighted by Gasteiger charge is -2.25. The standard InChI is InChI=1S/C14H18ClN3O3/c1-4-18(7-12(19)17(2)3)11-6-10-8(5-9(11)15)13(20)14(21)16-10/h5-6,13,20H,4,7H2,1-3H3,(H,16,21). The molecule has 1 unspecified atom stereocenters. The molecule has 0 aromatic heterocycles. The van der Waals surface area contributed by atoms with Gasteiger partial charge in [0, 0.05) is 31.9 Å². The van der Waals surface area contributed by atoms with E-state index in [-0.39, 0.29) is 12.5 Å². The molecule has 7 heteroatoms. The summed E-state index contributed by atoms with van der Waals surface area (Å²) in [5.41, 5.74) is 1.65. The molecule has 114 valence electrons. The Morgan fingerprint density at radius 1 is 1.43 bits per heavy atom. The summed E-state index contributed by atoms with van der Waals surface area (Å²) in [4.78, 5) is 26.7. The van der Waals surface area contributed by atoms with Crippen molar-refractivity contribution in [3.63, 3.8) is 0 Å². The predicted molar refractivity (Wildman–Crippen MR) is 81.6 cm³/mol. The highest BCUT2D eigenvalue weighted by Crippen LogP contribution is 2.38. The van der Waals surface area contributed by atoms with E-state index in [2.05, 4.69) is 5.32 Å². The van der Waals surface area contributed by atoms with Crippen LogP contribution in [0.4, 0.5) is 11.4 Å². The van der Waals surface area contributed by atoms with Crippen LogP contribution in [0.3, 0.4) is 0 Å². The van der Waals surface area contributed by atoms with E-state index < -0.39 is 12.0 Å². The molecule has 1 aromatic carbocycles. The molecule has 2 rings (SSSR count). The van der Waals surface area contributed by atoms with Crippen molar-refractivity contribution < 1.29 is 14.7 Å². The minimum atomic E-state index is -1.19. The molecule has 1 heterocycles. The van der Waals surface area contributed by atoms with Gasteiger partial charge in [0.25, 0.3) is 5.91 Å². The summed E-state index contributed by atoms with van der Waals surface area (Å²) in [6.07, 6.45) is -1.19. The van der Waals surface area contributed by atoms with E-state index in [4.69, 9.17) is 11.6 Å². The molecule has 2 amide bonds. The molecule has 6 nitrogen and oxygen atoms in total. The third-order valence-electron chi connectivity index (χ3n) is 3.47. The van der Waals surface area contributed by atoms with Crippen LogP contribution in [-0.2, 0) is 9.59 Å². The highest BCUT2D eigenvalue weighted by Gasteiger charge is 2.30. The van der Waals surface area contributed by atoms with Crippen molar-refractivity contribution in [2.45, 2.75) is 13.0 Å². The van der Waals surface area contributed by atoms with E-state index >= 15 is 0 Å². The van der Waals surface area contributed by atoms with Crippen LogP contribution in [0.15, 0.2) is 12.1 Å². The van der Waals surface area contributed by atoms with E-state index in [0.717, 1.165) is 0 Å². The van der Waals surface area contributed by atoms with Gasteiger partial charge < -0.3 is 20.2 Å². The first-order valence-electron chi connectivity index (χ1n) is 6.62. The van der Waals surface area contributed by atoms with Crippen LogP contribution < -0.4 is 10.2 Å². The highest BCUT2D eigenvalue weighted by molar-refractivity contribution is 6.33. The number of fused-ring (bicyclic) bond motifs is 1. The molecule has 21 heavy (non-hydrogen) atoms. The zero-order valence-corrected chi connectivity index (χ0v) is 12.9. The molecule has 1 aliphatic heterocycles. The number of nitrogens with one attached hydrogen (secondary N) is 1. The molecule has 2 N–H and O–H groups in total. The topological polar surface area (TPSA) is 72.9 Å². The molecule has 0 fully saturated rings. The Bertz CT molecular complexity index is 589. The molecule has 0 saturated carbocycles. The van der Waals surface area contributed by atoms with Gasteiger partial charge in [-0.05, 0) is 19.1 Å². The Kier molecular flexibility index (Phi) is 4.39. The summed E-state index contributed by atoms with van der Waals surface area (Å²) < 4.78 is 0. The Balaban J connectivity index is 2.33. The predicted octanol–water partition coefficient (Wildman–Crippen LogP) is 1.24. The molecule has 0 radical (unpaired) electrons. The lowest BCUT2D eigenvalue weighted by molar-refractivity contribution is -0.127. The fourth-order valence-electron chi connectivity index (χ4n) is 2.17. The average molecular weight is 312 g/mol. The molecule has 1 aliphatic rings. The van der Waals surface area contributed by atoms with E-state index in [1.807, 2.05) is 11.8 Å². The van der Waals surface area contributed by atoms with Crippen LogP contribution in [0.2, 0.25) is 5.02 Å². The number of carbonyl (C=O) groups excluding carboxylic acids is 2. The van der Waals surface area contributed by atoms with E-state index in [0.29, 0.717) is 28.5 Å². The summed E-state index contributed by atoms with van der Waals surface area (Å²) in [6, 6.07) is 3.26. The molecule has 1 aromatic rings. The maximum atomic E-state index is 11.9. The van der Waals surface area contributed by atoms with Crippen molar-refractivity contribution in [1.82, 2.24) is 4.90 Å². The third-order valence-corrected chi connectivity index (χ3v) is 3.77. The monoisotopic (exact) mass is 311 g/mol. The van der Waals surface area contributed by atoms with Gasteiger partial charge in [-0.25, -0.2) is 0 Å². The van der Waals surface area contributed by atoms with Gasteiger partial charge in [-0.1, -0.05) is 11.6 Å². The minimum absolute atomic E-state index is 0.0440. The third kappa shape index (κ3) is 2.96. The first-order valence-corrected chi connectivity index (χ1v) is 7.00. The van der Waals surface area contributed by atoms with E-state index in [9.17, 15) is 14.7 Å². The SMILES string of the molecule is CCN(CC(=O)N(C)C)c1cc2c(cc1Cl)C(O)C(=O)N2. The van der Waals surface area contributed by atoms with Gasteiger partial charge >= 0.3 is 0 Å². The maximum absolute atomic E-state index is 11.9. The summed E-state index contributed by atoms with van der Waals surface area (Å²) >= 11 is 6.24. The van der Waals surface area contributed by atoms with Crippen molar-refractivity contribution in [2.75, 3.05) is 37.4 Å². The quantitative estimate of drug-likeness (QED) is 0.877. The van der Waals surface area contributed by atoms with Crippen LogP contribution in [0, 0.1) is 0 Å². The van der Waals surface area contributed by atoms with Crippen LogP contribution in [0.1, 0.15) is 18.6 Å². The number of hydrogen-bond acceptors (Lipinski definition) is 4. The molecule has 0 saturated heterocycles. The zero-order valence-electron chi connectivity index (χ0n) is 12.2. The summed E-state index contributed by atoms with van der Waals surface area (Å²) in [5, 5.41) is 12.7. The number of anilines is 2. The Hall–Kier alpha value is -1.79. The van der Waals surface area contributed by atoms with Crippen LogP contribution >= 0.6 is 11.6 Å². The van der Waals surface area contributed by atoms with Gasteiger partial charge in [-0.2, -0.15) is 0 Å². The average Bonchev–Trinajstić information content (AvgIpc) is 2.70. The molecule has 0 bridgehead atoms. The number of aliphatic hydroxyl groups is 1. The highest BCUT2D eigenvalue weighted by atomic mass is 35.5. The fourth-order valence-corrected chi connectivity index (χ4v) is 2.46.